The summed E-state index contributed by atoms with van der Waals surface area (Å²) < 4.78 is 0. The summed E-state index contributed by atoms with van der Waals surface area (Å²) in [6.07, 6.45) is 9.88. The second-order valence-electron chi connectivity index (χ2n) is 14.7. The van der Waals surface area contributed by atoms with Crippen LogP contribution < -0.4 is 21.3 Å². The molecule has 1 aromatic rings. The lowest BCUT2D eigenvalue weighted by Crippen LogP contribution is -2.51. The fourth-order valence-electron chi connectivity index (χ4n) is 7.52. The first kappa shape index (κ1) is 40.4. The van der Waals surface area contributed by atoms with Crippen LogP contribution in [0.1, 0.15) is 83.6 Å². The molecular weight excluding hydrogens is 647 g/mol. The van der Waals surface area contributed by atoms with E-state index in [-0.39, 0.29) is 29.9 Å². The molecule has 3 heterocycles. The van der Waals surface area contributed by atoms with Gasteiger partial charge in [-0.25, -0.2) is 4.79 Å². The molecule has 3 aliphatic heterocycles. The number of hydrogen-bond acceptors (Lipinski definition) is 7. The summed E-state index contributed by atoms with van der Waals surface area (Å²) in [5.74, 6) is 1.78. The Balaban J connectivity index is 1.09. The minimum atomic E-state index is -0.0503. The number of carbonyl (C=O) groups excluding carboxylic acids is 3. The number of amides is 4. The largest absolute Gasteiger partial charge is 0.361 e. The molecule has 0 bridgehead atoms. The maximum atomic E-state index is 12.6. The van der Waals surface area contributed by atoms with Crippen LogP contribution in [0.25, 0.3) is 0 Å². The van der Waals surface area contributed by atoms with E-state index in [0.29, 0.717) is 36.6 Å². The summed E-state index contributed by atoms with van der Waals surface area (Å²) >= 11 is 1.92. The monoisotopic (exact) mass is 711 g/mol. The van der Waals surface area contributed by atoms with Gasteiger partial charge in [-0.15, -0.1) is 13.1 Å². The Bertz CT molecular complexity index is 1170. The fourth-order valence-corrected chi connectivity index (χ4v) is 9.07. The molecule has 5 atom stereocenters. The highest BCUT2D eigenvalue weighted by Gasteiger charge is 2.42. The van der Waals surface area contributed by atoms with Crippen LogP contribution in [0.15, 0.2) is 24.3 Å². The fraction of sp³-hybridized carbons (Fsp3) is 0.718. The Morgan fingerprint density at radius 3 is 2.50 bits per heavy atom. The van der Waals surface area contributed by atoms with Crippen LogP contribution in [-0.2, 0) is 16.0 Å². The van der Waals surface area contributed by atoms with Crippen LogP contribution >= 0.6 is 11.8 Å². The van der Waals surface area contributed by atoms with Gasteiger partial charge >= 0.3 is 6.03 Å². The average Bonchev–Trinajstić information content (AvgIpc) is 3.66. The topological polar surface area (TPSA) is 109 Å². The van der Waals surface area contributed by atoms with Crippen molar-refractivity contribution in [2.24, 2.45) is 5.92 Å². The molecule has 5 unspecified atom stereocenters. The van der Waals surface area contributed by atoms with Crippen molar-refractivity contribution in [3.05, 3.63) is 43.7 Å². The summed E-state index contributed by atoms with van der Waals surface area (Å²) in [7, 11) is 0. The number of anilines is 1. The van der Waals surface area contributed by atoms with Gasteiger partial charge in [0.05, 0.1) is 12.1 Å². The Labute approximate surface area is 307 Å². The van der Waals surface area contributed by atoms with Crippen molar-refractivity contribution in [2.75, 3.05) is 70.0 Å². The molecule has 50 heavy (non-hydrogen) atoms. The van der Waals surface area contributed by atoms with Crippen molar-refractivity contribution >= 4 is 35.3 Å². The molecule has 10 nitrogen and oxygen atoms in total. The zero-order valence-electron chi connectivity index (χ0n) is 30.9. The van der Waals surface area contributed by atoms with Crippen molar-refractivity contribution in [3.63, 3.8) is 0 Å². The molecule has 0 aromatic heterocycles. The number of benzene rings is 1. The molecule has 0 saturated carbocycles. The van der Waals surface area contributed by atoms with Gasteiger partial charge in [-0.05, 0) is 81.6 Å². The molecule has 3 fully saturated rings. The van der Waals surface area contributed by atoms with Crippen LogP contribution in [0.2, 0.25) is 0 Å². The number of rotatable bonds is 21. The molecule has 1 aromatic carbocycles. The normalized spacial score (nSPS) is 24.3. The first-order valence-electron chi connectivity index (χ1n) is 19.4. The minimum absolute atomic E-state index is 0.0406. The molecule has 0 spiro atoms. The smallest absolute Gasteiger partial charge is 0.315 e. The van der Waals surface area contributed by atoms with E-state index in [2.05, 4.69) is 75.8 Å². The predicted molar refractivity (Wildman–Crippen MR) is 207 cm³/mol. The lowest BCUT2D eigenvalue weighted by molar-refractivity contribution is -0.121. The van der Waals surface area contributed by atoms with Gasteiger partial charge in [-0.1, -0.05) is 38.8 Å². The number of nitrogens with one attached hydrogen (secondary N) is 4. The second-order valence-corrected chi connectivity index (χ2v) is 15.9. The average molecular weight is 712 g/mol. The van der Waals surface area contributed by atoms with Crippen LogP contribution in [0, 0.1) is 19.8 Å². The van der Waals surface area contributed by atoms with E-state index >= 15 is 0 Å². The standard InChI is InChI=1S/C39H65N7O3S/c1-5-22-46-27-30(4)20-23-45(25-24-44(6-2)7-3)28-33(46)26-31-16-18-32(19-17-31)41-37(48)15-9-8-12-21-40-36(47)14-11-10-13-35-38-34(29-50-35)42-39(49)43-38/h16-19,30,33-35,38H,2-3,5-15,20-29H2,1,4H3,(H,40,47)(H,41,48)(H2,42,43,49)/q-2. The Morgan fingerprint density at radius 2 is 1.74 bits per heavy atom. The highest BCUT2D eigenvalue weighted by Crippen LogP contribution is 2.33. The van der Waals surface area contributed by atoms with Crippen LogP contribution in [0.5, 0.6) is 0 Å². The van der Waals surface area contributed by atoms with E-state index in [1.54, 1.807) is 0 Å². The van der Waals surface area contributed by atoms with Gasteiger partial charge in [-0.2, -0.15) is 11.8 Å². The summed E-state index contributed by atoms with van der Waals surface area (Å²) in [6.45, 7) is 21.6. The van der Waals surface area contributed by atoms with E-state index < -0.39 is 0 Å². The number of unbranched alkanes of at least 4 members (excludes halogenated alkanes) is 3. The third-order valence-electron chi connectivity index (χ3n) is 10.5. The van der Waals surface area contributed by atoms with Gasteiger partial charge in [0.2, 0.25) is 11.8 Å². The number of thioether (sulfide) groups is 1. The molecule has 282 valence electrons. The Kier molecular flexibility index (Phi) is 17.7. The lowest BCUT2D eigenvalue weighted by Gasteiger charge is -2.41. The summed E-state index contributed by atoms with van der Waals surface area (Å²) in [6, 6.07) is 9.34. The predicted octanol–water partition coefficient (Wildman–Crippen LogP) is 4.96. The molecule has 0 radical (unpaired) electrons. The highest BCUT2D eigenvalue weighted by atomic mass is 32.2. The second kappa shape index (κ2) is 21.9. The maximum absolute atomic E-state index is 12.6. The molecule has 11 heteroatoms. The third-order valence-corrected chi connectivity index (χ3v) is 12.0. The number of nitrogens with zero attached hydrogens (tertiary/aromatic N) is 3. The van der Waals surface area contributed by atoms with Gasteiger partial charge in [0, 0.05) is 68.3 Å². The summed E-state index contributed by atoms with van der Waals surface area (Å²) in [5.41, 5.74) is 2.16. The number of hydrogen-bond donors (Lipinski definition) is 4. The Morgan fingerprint density at radius 1 is 0.980 bits per heavy atom. The summed E-state index contributed by atoms with van der Waals surface area (Å²) in [5, 5.41) is 12.6. The third kappa shape index (κ3) is 13.7. The molecule has 3 aliphatic rings. The first-order chi connectivity index (χ1) is 24.3. The van der Waals surface area contributed by atoms with Gasteiger partial charge in [0.1, 0.15) is 0 Å². The zero-order chi connectivity index (χ0) is 35.7. The highest BCUT2D eigenvalue weighted by molar-refractivity contribution is 8.00. The molecule has 4 amide bonds. The number of carbonyl (C=O) groups is 3. The van der Waals surface area contributed by atoms with Gasteiger partial charge in [0.25, 0.3) is 0 Å². The van der Waals surface area contributed by atoms with Crippen LogP contribution in [0.4, 0.5) is 10.5 Å². The summed E-state index contributed by atoms with van der Waals surface area (Å²) in [4.78, 5) is 44.1. The van der Waals surface area contributed by atoms with E-state index in [1.807, 2.05) is 23.9 Å². The number of fused-ring (bicyclic) bond motifs is 1. The van der Waals surface area contributed by atoms with E-state index in [0.717, 1.165) is 115 Å². The maximum Gasteiger partial charge on any atom is 0.315 e. The van der Waals surface area contributed by atoms with Gasteiger partial charge in [-0.3, -0.25) is 14.5 Å². The van der Waals surface area contributed by atoms with Crippen molar-refractivity contribution in [1.29, 1.82) is 0 Å². The molecule has 4 rings (SSSR count). The van der Waals surface area contributed by atoms with E-state index in [4.69, 9.17) is 0 Å². The van der Waals surface area contributed by atoms with Crippen LogP contribution in [-0.4, -0.2) is 121 Å². The molecule has 0 aliphatic carbocycles. The lowest BCUT2D eigenvalue weighted by atomic mass is 9.98. The molecular formula is C39H65N7O3S-2. The van der Waals surface area contributed by atoms with Crippen molar-refractivity contribution in [2.45, 2.75) is 108 Å². The molecule has 3 saturated heterocycles. The van der Waals surface area contributed by atoms with E-state index in [1.165, 1.54) is 12.0 Å². The zero-order valence-corrected chi connectivity index (χ0v) is 31.8. The van der Waals surface area contributed by atoms with E-state index in [9.17, 15) is 14.4 Å². The van der Waals surface area contributed by atoms with Crippen LogP contribution in [0.3, 0.4) is 0 Å². The molecule has 4 N–H and O–H groups in total. The number of urea groups is 1. The quantitative estimate of drug-likeness (QED) is 0.0812. The Hall–Kier alpha value is -2.34. The van der Waals surface area contributed by atoms with Gasteiger partial charge in [0.15, 0.2) is 0 Å². The van der Waals surface area contributed by atoms with Crippen molar-refractivity contribution < 1.29 is 14.4 Å². The minimum Gasteiger partial charge on any atom is -0.361 e. The SMILES string of the molecule is [CH2-]CN(C[CH2-])CCN1CCC(C)CN(CCC)C(Cc2ccc(NC(=O)CCCCCNC(=O)CCCCC3SCC4NC(=O)NC43)cc2)C1. The van der Waals surface area contributed by atoms with Crippen molar-refractivity contribution in [3.8, 4) is 0 Å². The van der Waals surface area contributed by atoms with Crippen molar-refractivity contribution in [1.82, 2.24) is 30.7 Å². The first-order valence-corrected chi connectivity index (χ1v) is 20.4. The van der Waals surface area contributed by atoms with Gasteiger partial charge < -0.3 is 44.9 Å².